The van der Waals surface area contributed by atoms with Crippen LogP contribution in [0.5, 0.6) is 5.75 Å². The molecule has 0 aromatic heterocycles. The molecule has 66 valence electrons. The van der Waals surface area contributed by atoms with Crippen molar-refractivity contribution in [2.75, 3.05) is 7.11 Å². The molecule has 0 fully saturated rings. The van der Waals surface area contributed by atoms with Gasteiger partial charge in [0.25, 0.3) is 0 Å². The van der Waals surface area contributed by atoms with E-state index in [2.05, 4.69) is 6.92 Å². The number of hydrogen-bond acceptors (Lipinski definition) is 1. The minimum atomic E-state index is 0.551. The van der Waals surface area contributed by atoms with Crippen molar-refractivity contribution in [2.45, 2.75) is 13.3 Å². The van der Waals surface area contributed by atoms with Crippen molar-refractivity contribution in [3.8, 4) is 5.75 Å². The molecule has 0 saturated carbocycles. The third-order valence-corrected chi connectivity index (χ3v) is 2.23. The number of halogens is 2. The van der Waals surface area contributed by atoms with Gasteiger partial charge >= 0.3 is 0 Å². The standard InChI is InChI=1S/C9H10Cl2O/c1-3-6-4-7(10)9(12-2)8(11)5-6/h4-5H,3H2,1-2H3. The lowest BCUT2D eigenvalue weighted by molar-refractivity contribution is 0.415. The van der Waals surface area contributed by atoms with Crippen LogP contribution in [-0.4, -0.2) is 7.11 Å². The van der Waals surface area contributed by atoms with Gasteiger partial charge < -0.3 is 4.74 Å². The predicted octanol–water partition coefficient (Wildman–Crippen LogP) is 3.56. The SMILES string of the molecule is CCc1cc(Cl)c(OC)c(Cl)c1. The number of ether oxygens (including phenoxy) is 1. The number of aryl methyl sites for hydroxylation is 1. The number of benzene rings is 1. The Labute approximate surface area is 82.2 Å². The normalized spacial score (nSPS) is 10.0. The molecule has 1 aromatic carbocycles. The fraction of sp³-hybridized carbons (Fsp3) is 0.333. The van der Waals surface area contributed by atoms with E-state index in [0.717, 1.165) is 12.0 Å². The van der Waals surface area contributed by atoms with Crippen molar-refractivity contribution in [3.05, 3.63) is 27.7 Å². The maximum Gasteiger partial charge on any atom is 0.156 e. The highest BCUT2D eigenvalue weighted by Crippen LogP contribution is 2.33. The van der Waals surface area contributed by atoms with Gasteiger partial charge in [-0.2, -0.15) is 0 Å². The molecular weight excluding hydrogens is 195 g/mol. The zero-order valence-electron chi connectivity index (χ0n) is 7.03. The Morgan fingerprint density at radius 3 is 2.08 bits per heavy atom. The maximum atomic E-state index is 5.90. The zero-order chi connectivity index (χ0) is 9.14. The first-order chi connectivity index (χ1) is 5.69. The van der Waals surface area contributed by atoms with Crippen LogP contribution >= 0.6 is 23.2 Å². The summed E-state index contributed by atoms with van der Waals surface area (Å²) in [5.74, 6) is 0.551. The van der Waals surface area contributed by atoms with E-state index in [9.17, 15) is 0 Å². The number of rotatable bonds is 2. The molecule has 1 rings (SSSR count). The van der Waals surface area contributed by atoms with Crippen LogP contribution in [-0.2, 0) is 6.42 Å². The summed E-state index contributed by atoms with van der Waals surface area (Å²) in [6, 6.07) is 3.73. The third kappa shape index (κ3) is 1.85. The van der Waals surface area contributed by atoms with Crippen LogP contribution in [0.15, 0.2) is 12.1 Å². The smallest absolute Gasteiger partial charge is 0.156 e. The van der Waals surface area contributed by atoms with E-state index < -0.39 is 0 Å². The Bertz CT molecular complexity index is 261. The van der Waals surface area contributed by atoms with Gasteiger partial charge in [-0.25, -0.2) is 0 Å². The Morgan fingerprint density at radius 1 is 1.25 bits per heavy atom. The van der Waals surface area contributed by atoms with Gasteiger partial charge in [-0.05, 0) is 24.1 Å². The fourth-order valence-corrected chi connectivity index (χ4v) is 1.70. The topological polar surface area (TPSA) is 9.23 Å². The number of hydrogen-bond donors (Lipinski definition) is 0. The average Bonchev–Trinajstić information content (AvgIpc) is 2.03. The van der Waals surface area contributed by atoms with Gasteiger partial charge in [0.05, 0.1) is 17.2 Å². The Morgan fingerprint density at radius 2 is 1.75 bits per heavy atom. The van der Waals surface area contributed by atoms with Crippen molar-refractivity contribution >= 4 is 23.2 Å². The largest absolute Gasteiger partial charge is 0.494 e. The van der Waals surface area contributed by atoms with E-state index in [0.29, 0.717) is 15.8 Å². The second-order valence-corrected chi connectivity index (χ2v) is 3.26. The summed E-state index contributed by atoms with van der Waals surface area (Å²) in [6.07, 6.45) is 0.920. The Balaban J connectivity index is 3.18. The highest BCUT2D eigenvalue weighted by molar-refractivity contribution is 6.37. The van der Waals surface area contributed by atoms with Gasteiger partial charge in [0.1, 0.15) is 0 Å². The van der Waals surface area contributed by atoms with Gasteiger partial charge in [-0.3, -0.25) is 0 Å². The minimum Gasteiger partial charge on any atom is -0.494 e. The van der Waals surface area contributed by atoms with E-state index in [4.69, 9.17) is 27.9 Å². The molecule has 0 unspecified atom stereocenters. The highest BCUT2D eigenvalue weighted by atomic mass is 35.5. The summed E-state index contributed by atoms with van der Waals surface area (Å²) in [4.78, 5) is 0. The third-order valence-electron chi connectivity index (χ3n) is 1.67. The molecule has 0 atom stereocenters. The molecule has 0 spiro atoms. The molecule has 0 heterocycles. The molecule has 0 aliphatic carbocycles. The summed E-state index contributed by atoms with van der Waals surface area (Å²) in [5.41, 5.74) is 1.12. The molecule has 1 aromatic rings. The first kappa shape index (κ1) is 9.69. The van der Waals surface area contributed by atoms with Gasteiger partial charge in [0.2, 0.25) is 0 Å². The maximum absolute atomic E-state index is 5.90. The van der Waals surface area contributed by atoms with E-state index >= 15 is 0 Å². The first-order valence-corrected chi connectivity index (χ1v) is 4.46. The van der Waals surface area contributed by atoms with Crippen LogP contribution in [0.3, 0.4) is 0 Å². The van der Waals surface area contributed by atoms with Crippen LogP contribution in [0.1, 0.15) is 12.5 Å². The van der Waals surface area contributed by atoms with Crippen LogP contribution in [0, 0.1) is 0 Å². The van der Waals surface area contributed by atoms with E-state index in [1.54, 1.807) is 7.11 Å². The van der Waals surface area contributed by atoms with Gasteiger partial charge in [0, 0.05) is 0 Å². The van der Waals surface area contributed by atoms with E-state index in [1.807, 2.05) is 12.1 Å². The summed E-state index contributed by atoms with van der Waals surface area (Å²) < 4.78 is 5.01. The van der Waals surface area contributed by atoms with Gasteiger partial charge in [0.15, 0.2) is 5.75 Å². The minimum absolute atomic E-state index is 0.551. The summed E-state index contributed by atoms with van der Waals surface area (Å²) in [5, 5.41) is 1.14. The Hall–Kier alpha value is -0.400. The van der Waals surface area contributed by atoms with E-state index in [-0.39, 0.29) is 0 Å². The van der Waals surface area contributed by atoms with Crippen molar-refractivity contribution in [1.29, 1.82) is 0 Å². The lowest BCUT2D eigenvalue weighted by Crippen LogP contribution is -1.88. The van der Waals surface area contributed by atoms with Gasteiger partial charge in [-0.1, -0.05) is 30.1 Å². The van der Waals surface area contributed by atoms with Crippen LogP contribution in [0.25, 0.3) is 0 Å². The van der Waals surface area contributed by atoms with Crippen molar-refractivity contribution in [3.63, 3.8) is 0 Å². The van der Waals surface area contributed by atoms with Crippen molar-refractivity contribution in [1.82, 2.24) is 0 Å². The molecule has 0 amide bonds. The van der Waals surface area contributed by atoms with Crippen LogP contribution < -0.4 is 4.74 Å². The predicted molar refractivity (Wildman–Crippen MR) is 52.4 cm³/mol. The molecule has 0 aliphatic heterocycles. The monoisotopic (exact) mass is 204 g/mol. The average molecular weight is 205 g/mol. The van der Waals surface area contributed by atoms with Crippen molar-refractivity contribution < 1.29 is 4.74 Å². The lowest BCUT2D eigenvalue weighted by Gasteiger charge is -2.06. The first-order valence-electron chi connectivity index (χ1n) is 3.71. The summed E-state index contributed by atoms with van der Waals surface area (Å²) >= 11 is 11.8. The molecule has 1 nitrogen and oxygen atoms in total. The zero-order valence-corrected chi connectivity index (χ0v) is 8.54. The highest BCUT2D eigenvalue weighted by Gasteiger charge is 2.06. The molecule has 3 heteroatoms. The second-order valence-electron chi connectivity index (χ2n) is 2.45. The van der Waals surface area contributed by atoms with E-state index in [1.165, 1.54) is 0 Å². The van der Waals surface area contributed by atoms with Crippen molar-refractivity contribution in [2.24, 2.45) is 0 Å². The fourth-order valence-electron chi connectivity index (χ4n) is 1.01. The molecule has 0 aliphatic rings. The molecular formula is C9H10Cl2O. The molecule has 0 bridgehead atoms. The molecule has 0 saturated heterocycles. The molecule has 0 N–H and O–H groups in total. The van der Waals surface area contributed by atoms with Gasteiger partial charge in [-0.15, -0.1) is 0 Å². The summed E-state index contributed by atoms with van der Waals surface area (Å²) in [6.45, 7) is 2.05. The molecule has 0 radical (unpaired) electrons. The quantitative estimate of drug-likeness (QED) is 0.717. The van der Waals surface area contributed by atoms with Crippen LogP contribution in [0.4, 0.5) is 0 Å². The number of methoxy groups -OCH3 is 1. The lowest BCUT2D eigenvalue weighted by atomic mass is 10.2. The second kappa shape index (κ2) is 4.01. The summed E-state index contributed by atoms with van der Waals surface area (Å²) in [7, 11) is 1.55. The molecule has 12 heavy (non-hydrogen) atoms. The Kier molecular flexibility index (Phi) is 3.24. The van der Waals surface area contributed by atoms with Crippen LogP contribution in [0.2, 0.25) is 10.0 Å².